The lowest BCUT2D eigenvalue weighted by molar-refractivity contribution is 0.195. The van der Waals surface area contributed by atoms with Crippen molar-refractivity contribution in [1.82, 2.24) is 0 Å². The van der Waals surface area contributed by atoms with Gasteiger partial charge in [-0.3, -0.25) is 4.79 Å². The van der Waals surface area contributed by atoms with Crippen molar-refractivity contribution < 1.29 is 18.4 Å². The van der Waals surface area contributed by atoms with Gasteiger partial charge in [0.15, 0.2) is 0 Å². The first kappa shape index (κ1) is 14.6. The van der Waals surface area contributed by atoms with Gasteiger partial charge >= 0.3 is 13.2 Å². The molecule has 2 N–H and O–H groups in total. The van der Waals surface area contributed by atoms with Crippen LogP contribution < -0.4 is 5.73 Å². The predicted octanol–water partition coefficient (Wildman–Crippen LogP) is 2.89. The molecule has 0 aliphatic rings. The molecule has 0 spiro atoms. The fraction of sp³-hybridized carbons (Fsp3) is 0.889. The SMILES string of the molecule is CCCCOP(=O)(OCCCC)C(N)=O. The zero-order valence-electron chi connectivity index (χ0n) is 9.40. The molecule has 0 atom stereocenters. The maximum Gasteiger partial charge on any atom is 0.417 e. The van der Waals surface area contributed by atoms with E-state index in [1.54, 1.807) is 0 Å². The Hall–Kier alpha value is -0.380. The average molecular weight is 237 g/mol. The quantitative estimate of drug-likeness (QED) is 0.494. The van der Waals surface area contributed by atoms with E-state index in [2.05, 4.69) is 0 Å². The first-order valence-electron chi connectivity index (χ1n) is 5.26. The van der Waals surface area contributed by atoms with E-state index in [4.69, 9.17) is 14.8 Å². The van der Waals surface area contributed by atoms with Crippen LogP contribution in [0.5, 0.6) is 0 Å². The monoisotopic (exact) mass is 237 g/mol. The van der Waals surface area contributed by atoms with Crippen molar-refractivity contribution in [3.8, 4) is 0 Å². The van der Waals surface area contributed by atoms with Crippen molar-refractivity contribution >= 4 is 13.2 Å². The van der Waals surface area contributed by atoms with Gasteiger partial charge in [-0.1, -0.05) is 26.7 Å². The number of rotatable bonds is 9. The Morgan fingerprint density at radius 2 is 1.53 bits per heavy atom. The van der Waals surface area contributed by atoms with Crippen LogP contribution in [0.25, 0.3) is 0 Å². The fourth-order valence-corrected chi connectivity index (χ4v) is 1.89. The molecule has 0 heterocycles. The molecule has 5 nitrogen and oxygen atoms in total. The summed E-state index contributed by atoms with van der Waals surface area (Å²) in [6.07, 6.45) is 3.25. The summed E-state index contributed by atoms with van der Waals surface area (Å²) in [5.41, 5.74) is 3.98. The minimum absolute atomic E-state index is 0.239. The summed E-state index contributed by atoms with van der Waals surface area (Å²) >= 11 is 0. The maximum absolute atomic E-state index is 11.7. The Labute approximate surface area is 90.9 Å². The molecule has 0 rings (SSSR count). The summed E-state index contributed by atoms with van der Waals surface area (Å²) in [6.45, 7) is 4.42. The molecule has 0 aromatic carbocycles. The molecular weight excluding hydrogens is 217 g/mol. The number of primary amides is 1. The number of amides is 1. The minimum atomic E-state index is -3.71. The van der Waals surface area contributed by atoms with Crippen molar-refractivity contribution in [3.63, 3.8) is 0 Å². The van der Waals surface area contributed by atoms with Crippen molar-refractivity contribution in [3.05, 3.63) is 0 Å². The normalized spacial score (nSPS) is 11.6. The lowest BCUT2D eigenvalue weighted by Crippen LogP contribution is -2.14. The number of nitrogens with two attached hydrogens (primary N) is 1. The molecule has 90 valence electrons. The van der Waals surface area contributed by atoms with Gasteiger partial charge < -0.3 is 14.8 Å². The fourth-order valence-electron chi connectivity index (χ4n) is 0.823. The van der Waals surface area contributed by atoms with Gasteiger partial charge in [0.2, 0.25) is 0 Å². The van der Waals surface area contributed by atoms with Gasteiger partial charge in [-0.2, -0.15) is 0 Å². The Morgan fingerprint density at radius 3 is 1.80 bits per heavy atom. The van der Waals surface area contributed by atoms with Gasteiger partial charge in [-0.05, 0) is 12.8 Å². The zero-order valence-corrected chi connectivity index (χ0v) is 10.3. The number of carbonyl (C=O) groups is 1. The van der Waals surface area contributed by atoms with Crippen LogP contribution in [0.1, 0.15) is 39.5 Å². The number of carbonyl (C=O) groups excluding carboxylic acids is 1. The van der Waals surface area contributed by atoms with Crippen LogP contribution in [-0.4, -0.2) is 18.9 Å². The zero-order chi connectivity index (χ0) is 11.7. The third kappa shape index (κ3) is 5.92. The molecule has 0 aliphatic carbocycles. The van der Waals surface area contributed by atoms with Crippen LogP contribution >= 0.6 is 7.60 Å². The van der Waals surface area contributed by atoms with Crippen LogP contribution in [0, 0.1) is 0 Å². The van der Waals surface area contributed by atoms with Crippen molar-refractivity contribution in [2.24, 2.45) is 5.73 Å². The highest BCUT2D eigenvalue weighted by atomic mass is 31.2. The molecule has 0 aliphatic heterocycles. The third-order valence-electron chi connectivity index (χ3n) is 1.79. The highest BCUT2D eigenvalue weighted by Gasteiger charge is 2.32. The Bertz CT molecular complexity index is 218. The van der Waals surface area contributed by atoms with Crippen molar-refractivity contribution in [2.75, 3.05) is 13.2 Å². The van der Waals surface area contributed by atoms with Crippen LogP contribution in [0.15, 0.2) is 0 Å². The van der Waals surface area contributed by atoms with E-state index >= 15 is 0 Å². The summed E-state index contributed by atoms with van der Waals surface area (Å²) < 4.78 is 21.6. The molecule has 0 saturated carbocycles. The van der Waals surface area contributed by atoms with Gasteiger partial charge in [0.1, 0.15) is 0 Å². The molecule has 0 aromatic rings. The van der Waals surface area contributed by atoms with Crippen LogP contribution in [0.3, 0.4) is 0 Å². The second-order valence-corrected chi connectivity index (χ2v) is 5.16. The molecule has 0 bridgehead atoms. The van der Waals surface area contributed by atoms with E-state index in [1.165, 1.54) is 0 Å². The van der Waals surface area contributed by atoms with Crippen molar-refractivity contribution in [1.29, 1.82) is 0 Å². The highest BCUT2D eigenvalue weighted by molar-refractivity contribution is 7.71. The largest absolute Gasteiger partial charge is 0.417 e. The third-order valence-corrected chi connectivity index (χ3v) is 3.37. The smallest absolute Gasteiger partial charge is 0.359 e. The summed E-state index contributed by atoms with van der Waals surface area (Å²) in [4.78, 5) is 10.9. The van der Waals surface area contributed by atoms with Crippen LogP contribution in [0.2, 0.25) is 0 Å². The van der Waals surface area contributed by atoms with E-state index in [0.29, 0.717) is 0 Å². The van der Waals surface area contributed by atoms with E-state index in [0.717, 1.165) is 25.7 Å². The van der Waals surface area contributed by atoms with E-state index in [1.807, 2.05) is 13.8 Å². The van der Waals surface area contributed by atoms with Crippen molar-refractivity contribution in [2.45, 2.75) is 39.5 Å². The van der Waals surface area contributed by atoms with E-state index in [9.17, 15) is 9.36 Å². The maximum atomic E-state index is 11.7. The standard InChI is InChI=1S/C9H20NO4P/c1-3-5-7-13-15(12,9(10)11)14-8-6-4-2/h3-8H2,1-2H3,(H2,10,11). The number of hydrogen-bond donors (Lipinski definition) is 1. The molecule has 0 unspecified atom stereocenters. The number of unbranched alkanes of at least 4 members (excludes halogenated alkanes) is 2. The molecule has 0 fully saturated rings. The van der Waals surface area contributed by atoms with Gasteiger partial charge in [0, 0.05) is 0 Å². The first-order chi connectivity index (χ1) is 7.06. The second-order valence-electron chi connectivity index (χ2n) is 3.21. The highest BCUT2D eigenvalue weighted by Crippen LogP contribution is 2.48. The first-order valence-corrected chi connectivity index (χ1v) is 6.80. The molecule has 1 amide bonds. The Balaban J connectivity index is 4.08. The Morgan fingerprint density at radius 1 is 1.13 bits per heavy atom. The van der Waals surface area contributed by atoms with E-state index < -0.39 is 13.2 Å². The van der Waals surface area contributed by atoms with Gasteiger partial charge in [0.05, 0.1) is 13.2 Å². The summed E-state index contributed by atoms with van der Waals surface area (Å²) in [7, 11) is -3.71. The lowest BCUT2D eigenvalue weighted by Gasteiger charge is -2.14. The predicted molar refractivity (Wildman–Crippen MR) is 58.9 cm³/mol. The molecule has 6 heteroatoms. The molecule has 0 aromatic heterocycles. The summed E-state index contributed by atoms with van der Waals surface area (Å²) in [6, 6.07) is 0. The molecular formula is C9H20NO4P. The molecule has 15 heavy (non-hydrogen) atoms. The van der Waals surface area contributed by atoms with Gasteiger partial charge in [-0.25, -0.2) is 4.57 Å². The summed E-state index contributed by atoms with van der Waals surface area (Å²) in [5.74, 6) is 0. The topological polar surface area (TPSA) is 78.6 Å². The lowest BCUT2D eigenvalue weighted by atomic mass is 10.4. The minimum Gasteiger partial charge on any atom is -0.359 e. The molecule has 0 saturated heterocycles. The van der Waals surface area contributed by atoms with Crippen LogP contribution in [-0.2, 0) is 13.6 Å². The summed E-state index contributed by atoms with van der Waals surface area (Å²) in [5, 5.41) is 0. The van der Waals surface area contributed by atoms with Crippen LogP contribution in [0.4, 0.5) is 4.79 Å². The average Bonchev–Trinajstić information content (AvgIpc) is 2.18. The van der Waals surface area contributed by atoms with E-state index in [-0.39, 0.29) is 13.2 Å². The molecule has 0 radical (unpaired) electrons. The number of hydrogen-bond acceptors (Lipinski definition) is 4. The van der Waals surface area contributed by atoms with Gasteiger partial charge in [0.25, 0.3) is 0 Å². The Kier molecular flexibility index (Phi) is 7.65. The second kappa shape index (κ2) is 7.85. The van der Waals surface area contributed by atoms with Gasteiger partial charge in [-0.15, -0.1) is 0 Å².